The highest BCUT2D eigenvalue weighted by atomic mass is 32.2. The van der Waals surface area contributed by atoms with E-state index in [9.17, 15) is 13.2 Å². The monoisotopic (exact) mass is 403 g/mol. The number of nitrogens with one attached hydrogen (secondary N) is 1. The second-order valence-corrected chi connectivity index (χ2v) is 9.04. The van der Waals surface area contributed by atoms with E-state index < -0.39 is 16.3 Å². The van der Waals surface area contributed by atoms with Crippen molar-refractivity contribution in [3.63, 3.8) is 0 Å². The normalized spacial score (nSPS) is 17.8. The summed E-state index contributed by atoms with van der Waals surface area (Å²) in [5.74, 6) is 0.191. The zero-order chi connectivity index (χ0) is 20.3. The molecule has 9 heteroatoms. The van der Waals surface area contributed by atoms with Crippen LogP contribution in [0.15, 0.2) is 36.5 Å². The van der Waals surface area contributed by atoms with Gasteiger partial charge in [0.2, 0.25) is 0 Å². The standard InChI is InChI=1S/C19H25N5O3S/c1-14-20-13-16(19(25)21-12-15-8-5-4-6-9-15)18(22-14)17-10-7-11-24(17)28(26,27)23(2)3/h4-6,8-9,13,17H,7,10-12H2,1-3H3,(H,21,25)/t17-/m0/s1. The van der Waals surface area contributed by atoms with Crippen LogP contribution in [-0.2, 0) is 16.8 Å². The number of aryl methyl sites for hydroxylation is 1. The molecule has 1 aromatic heterocycles. The number of carbonyl (C=O) groups is 1. The number of hydrogen-bond acceptors (Lipinski definition) is 5. The number of hydrogen-bond donors (Lipinski definition) is 1. The van der Waals surface area contributed by atoms with Gasteiger partial charge >= 0.3 is 0 Å². The smallest absolute Gasteiger partial charge is 0.282 e. The first-order chi connectivity index (χ1) is 13.3. The highest BCUT2D eigenvalue weighted by molar-refractivity contribution is 7.86. The molecule has 2 heterocycles. The maximum Gasteiger partial charge on any atom is 0.282 e. The summed E-state index contributed by atoms with van der Waals surface area (Å²) in [6, 6.07) is 9.10. The Bertz CT molecular complexity index is 947. The van der Waals surface area contributed by atoms with Crippen molar-refractivity contribution in [3.8, 4) is 0 Å². The highest BCUT2D eigenvalue weighted by Crippen LogP contribution is 2.35. The van der Waals surface area contributed by atoms with E-state index >= 15 is 0 Å². The summed E-state index contributed by atoms with van der Waals surface area (Å²) in [6.45, 7) is 2.51. The first-order valence-electron chi connectivity index (χ1n) is 9.15. The van der Waals surface area contributed by atoms with Crippen LogP contribution in [0.25, 0.3) is 0 Å². The van der Waals surface area contributed by atoms with E-state index in [4.69, 9.17) is 0 Å². The average molecular weight is 404 g/mol. The summed E-state index contributed by atoms with van der Waals surface area (Å²) in [7, 11) is -0.603. The van der Waals surface area contributed by atoms with Gasteiger partial charge in [0.05, 0.1) is 17.3 Å². The molecule has 1 aliphatic rings. The minimum absolute atomic E-state index is 0.312. The van der Waals surface area contributed by atoms with Gasteiger partial charge in [0.1, 0.15) is 5.82 Å². The number of nitrogens with zero attached hydrogens (tertiary/aromatic N) is 4. The Kier molecular flexibility index (Phi) is 6.07. The molecule has 1 N–H and O–H groups in total. The van der Waals surface area contributed by atoms with Gasteiger partial charge in [-0.2, -0.15) is 17.0 Å². The summed E-state index contributed by atoms with van der Waals surface area (Å²) < 4.78 is 28.0. The molecule has 0 unspecified atom stereocenters. The third kappa shape index (κ3) is 4.21. The minimum atomic E-state index is -3.61. The van der Waals surface area contributed by atoms with Crippen LogP contribution in [0.3, 0.4) is 0 Å². The third-order valence-corrected chi connectivity index (χ3v) is 6.71. The van der Waals surface area contributed by atoms with E-state index in [2.05, 4.69) is 15.3 Å². The Labute approximate surface area is 165 Å². The van der Waals surface area contributed by atoms with Crippen molar-refractivity contribution in [2.24, 2.45) is 0 Å². The molecule has 1 aliphatic heterocycles. The van der Waals surface area contributed by atoms with Crippen molar-refractivity contribution >= 4 is 16.1 Å². The fraction of sp³-hybridized carbons (Fsp3) is 0.421. The number of aromatic nitrogens is 2. The number of amides is 1. The maximum atomic E-state index is 12.8. The molecule has 28 heavy (non-hydrogen) atoms. The van der Waals surface area contributed by atoms with Gasteiger partial charge in [-0.05, 0) is 25.3 Å². The zero-order valence-corrected chi connectivity index (χ0v) is 17.1. The largest absolute Gasteiger partial charge is 0.348 e. The van der Waals surface area contributed by atoms with Gasteiger partial charge in [0.25, 0.3) is 16.1 Å². The van der Waals surface area contributed by atoms with Crippen LogP contribution in [-0.4, -0.2) is 53.5 Å². The lowest BCUT2D eigenvalue weighted by atomic mass is 10.1. The van der Waals surface area contributed by atoms with Crippen LogP contribution in [0.1, 0.15) is 46.3 Å². The van der Waals surface area contributed by atoms with Gasteiger partial charge in [-0.25, -0.2) is 9.97 Å². The van der Waals surface area contributed by atoms with Gasteiger partial charge in [-0.15, -0.1) is 0 Å². The van der Waals surface area contributed by atoms with E-state index in [1.165, 1.54) is 28.9 Å². The van der Waals surface area contributed by atoms with Crippen molar-refractivity contribution < 1.29 is 13.2 Å². The van der Waals surface area contributed by atoms with Crippen molar-refractivity contribution in [1.82, 2.24) is 23.9 Å². The van der Waals surface area contributed by atoms with Crippen LogP contribution in [0, 0.1) is 6.92 Å². The van der Waals surface area contributed by atoms with E-state index in [1.54, 1.807) is 6.92 Å². The van der Waals surface area contributed by atoms with Crippen LogP contribution in [0.5, 0.6) is 0 Å². The van der Waals surface area contributed by atoms with Crippen molar-refractivity contribution in [3.05, 3.63) is 59.2 Å². The topological polar surface area (TPSA) is 95.5 Å². The van der Waals surface area contributed by atoms with Crippen LogP contribution >= 0.6 is 0 Å². The first kappa shape index (κ1) is 20.4. The Hall–Kier alpha value is -2.36. The molecule has 1 saturated heterocycles. The summed E-state index contributed by atoms with van der Waals surface area (Å²) in [5, 5.41) is 2.88. The Morgan fingerprint density at radius 3 is 2.68 bits per heavy atom. The van der Waals surface area contributed by atoms with Crippen LogP contribution in [0.2, 0.25) is 0 Å². The van der Waals surface area contributed by atoms with Crippen LogP contribution < -0.4 is 5.32 Å². The van der Waals surface area contributed by atoms with E-state index in [0.29, 0.717) is 43.0 Å². The third-order valence-electron chi connectivity index (χ3n) is 4.76. The molecule has 0 saturated carbocycles. The molecule has 1 atom stereocenters. The van der Waals surface area contributed by atoms with Crippen molar-refractivity contribution in [2.75, 3.05) is 20.6 Å². The number of carbonyl (C=O) groups excluding carboxylic acids is 1. The maximum absolute atomic E-state index is 12.8. The molecular formula is C19H25N5O3S. The molecule has 0 spiro atoms. The molecule has 1 amide bonds. The van der Waals surface area contributed by atoms with E-state index in [1.807, 2.05) is 30.3 Å². The second-order valence-electron chi connectivity index (χ2n) is 6.94. The number of rotatable bonds is 6. The fourth-order valence-electron chi connectivity index (χ4n) is 3.29. The van der Waals surface area contributed by atoms with Crippen LogP contribution in [0.4, 0.5) is 0 Å². The van der Waals surface area contributed by atoms with Gasteiger partial charge in [-0.1, -0.05) is 30.3 Å². The van der Waals surface area contributed by atoms with E-state index in [0.717, 1.165) is 5.56 Å². The average Bonchev–Trinajstić information content (AvgIpc) is 3.17. The molecule has 0 radical (unpaired) electrons. The van der Waals surface area contributed by atoms with Gasteiger partial charge in [0, 0.05) is 33.4 Å². The lowest BCUT2D eigenvalue weighted by molar-refractivity contribution is 0.0947. The molecule has 1 aromatic carbocycles. The SMILES string of the molecule is Cc1ncc(C(=O)NCc2ccccc2)c([C@@H]2CCCN2S(=O)(=O)N(C)C)n1. The van der Waals surface area contributed by atoms with Gasteiger partial charge in [0.15, 0.2) is 0 Å². The predicted octanol–water partition coefficient (Wildman–Crippen LogP) is 1.66. The summed E-state index contributed by atoms with van der Waals surface area (Å²) in [4.78, 5) is 21.4. The van der Waals surface area contributed by atoms with Gasteiger partial charge < -0.3 is 5.32 Å². The Morgan fingerprint density at radius 1 is 1.29 bits per heavy atom. The molecule has 3 rings (SSSR count). The zero-order valence-electron chi connectivity index (χ0n) is 16.3. The van der Waals surface area contributed by atoms with Crippen molar-refractivity contribution in [2.45, 2.75) is 32.4 Å². The highest BCUT2D eigenvalue weighted by Gasteiger charge is 2.39. The van der Waals surface area contributed by atoms with E-state index in [-0.39, 0.29) is 5.91 Å². The Balaban J connectivity index is 1.89. The molecule has 0 aliphatic carbocycles. The molecular weight excluding hydrogens is 378 g/mol. The lowest BCUT2D eigenvalue weighted by Crippen LogP contribution is -2.40. The molecule has 150 valence electrons. The predicted molar refractivity (Wildman–Crippen MR) is 106 cm³/mol. The Morgan fingerprint density at radius 2 is 2.00 bits per heavy atom. The fourth-order valence-corrected chi connectivity index (χ4v) is 4.60. The summed E-state index contributed by atoms with van der Waals surface area (Å²) in [6.07, 6.45) is 2.81. The second kappa shape index (κ2) is 8.34. The molecule has 1 fully saturated rings. The minimum Gasteiger partial charge on any atom is -0.348 e. The summed E-state index contributed by atoms with van der Waals surface area (Å²) >= 11 is 0. The first-order valence-corrected chi connectivity index (χ1v) is 10.6. The molecule has 0 bridgehead atoms. The van der Waals surface area contributed by atoms with Crippen molar-refractivity contribution in [1.29, 1.82) is 0 Å². The quantitative estimate of drug-likeness (QED) is 0.791. The molecule has 8 nitrogen and oxygen atoms in total. The summed E-state index contributed by atoms with van der Waals surface area (Å²) in [5.41, 5.74) is 1.75. The lowest BCUT2D eigenvalue weighted by Gasteiger charge is -2.27. The molecule has 2 aromatic rings. The number of benzene rings is 1. The van der Waals surface area contributed by atoms with Gasteiger partial charge in [-0.3, -0.25) is 4.79 Å².